The first-order chi connectivity index (χ1) is 12.9. The van der Waals surface area contributed by atoms with Gasteiger partial charge in [0.05, 0.1) is 5.39 Å². The number of nitrogens with zero attached hydrogens (tertiary/aromatic N) is 1. The third-order valence-electron chi connectivity index (χ3n) is 4.12. The van der Waals surface area contributed by atoms with Gasteiger partial charge in [0.15, 0.2) is 23.1 Å². The molecule has 0 radical (unpaired) electrons. The van der Waals surface area contributed by atoms with E-state index < -0.39 is 22.7 Å². The number of rotatable bonds is 5. The van der Waals surface area contributed by atoms with E-state index >= 15 is 0 Å². The van der Waals surface area contributed by atoms with Gasteiger partial charge in [0.1, 0.15) is 0 Å². The lowest BCUT2D eigenvalue weighted by molar-refractivity contribution is 0.397. The molecule has 0 unspecified atom stereocenters. The number of benzene rings is 2. The fourth-order valence-corrected chi connectivity index (χ4v) is 2.73. The molecule has 9 heteroatoms. The van der Waals surface area contributed by atoms with E-state index in [9.17, 15) is 20.1 Å². The quantitative estimate of drug-likeness (QED) is 0.188. The number of aliphatic imine (C=N–C) groups is 1. The van der Waals surface area contributed by atoms with Crippen molar-refractivity contribution in [3.8, 4) is 28.6 Å². The van der Waals surface area contributed by atoms with Gasteiger partial charge in [0.2, 0.25) is 16.9 Å². The third-order valence-corrected chi connectivity index (χ3v) is 4.12. The summed E-state index contributed by atoms with van der Waals surface area (Å²) in [6.07, 6.45) is 1.51. The summed E-state index contributed by atoms with van der Waals surface area (Å²) in [5, 5.41) is 29.8. The van der Waals surface area contributed by atoms with Crippen LogP contribution in [0.2, 0.25) is 0 Å². The van der Waals surface area contributed by atoms with Gasteiger partial charge in [-0.1, -0.05) is 24.3 Å². The van der Waals surface area contributed by atoms with Crippen LogP contribution in [0.5, 0.6) is 17.2 Å². The molecule has 0 aliphatic carbocycles. The van der Waals surface area contributed by atoms with Gasteiger partial charge >= 0.3 is 0 Å². The maximum atomic E-state index is 12.3. The third kappa shape index (κ3) is 4.12. The van der Waals surface area contributed by atoms with Gasteiger partial charge in [-0.05, 0) is 30.5 Å². The van der Waals surface area contributed by atoms with Crippen molar-refractivity contribution < 1.29 is 19.7 Å². The van der Waals surface area contributed by atoms with Gasteiger partial charge in [-0.2, -0.15) is 0 Å². The number of fused-ring (bicyclic) bond motifs is 1. The monoisotopic (exact) mass is 405 g/mol. The van der Waals surface area contributed by atoms with Crippen molar-refractivity contribution in [3.63, 3.8) is 0 Å². The zero-order chi connectivity index (χ0) is 19.6. The van der Waals surface area contributed by atoms with Crippen molar-refractivity contribution in [2.24, 2.45) is 16.5 Å². The fraction of sp³-hybridized carbons (Fsp3) is 0.158. The predicted molar refractivity (Wildman–Crippen MR) is 109 cm³/mol. The molecule has 0 saturated heterocycles. The molecule has 0 aliphatic heterocycles. The lowest BCUT2D eigenvalue weighted by atomic mass is 10.0. The molecule has 7 N–H and O–H groups in total. The van der Waals surface area contributed by atoms with Crippen LogP contribution in [-0.4, -0.2) is 27.8 Å². The van der Waals surface area contributed by atoms with Crippen molar-refractivity contribution in [2.45, 2.75) is 12.8 Å². The summed E-state index contributed by atoms with van der Waals surface area (Å²) in [5.41, 5.74) is 11.2. The Hall–Kier alpha value is -3.39. The Balaban J connectivity index is 0.00000280. The molecule has 1 heterocycles. The second kappa shape index (κ2) is 8.53. The molecule has 0 spiro atoms. The smallest absolute Gasteiger partial charge is 0.235 e. The van der Waals surface area contributed by atoms with Crippen molar-refractivity contribution in [1.82, 2.24) is 0 Å². The van der Waals surface area contributed by atoms with Crippen LogP contribution in [0.1, 0.15) is 12.0 Å². The maximum Gasteiger partial charge on any atom is 0.235 e. The standard InChI is InChI=1S/C19H19N3O5.ClH/c20-19(21)22-9-1-2-10-3-5-11(6-4-10)17-16(26)14(24)12-7-8-13(23)15(25)18(12)27-17;/h3-8,23,25-26H,1-2,9H2,(H4,20,21,22);1H. The van der Waals surface area contributed by atoms with Gasteiger partial charge in [-0.25, -0.2) is 0 Å². The first-order valence-corrected chi connectivity index (χ1v) is 8.24. The highest BCUT2D eigenvalue weighted by atomic mass is 35.5. The molecule has 0 aliphatic rings. The van der Waals surface area contributed by atoms with Gasteiger partial charge < -0.3 is 31.2 Å². The molecule has 3 aromatic rings. The largest absolute Gasteiger partial charge is 0.504 e. The minimum Gasteiger partial charge on any atom is -0.504 e. The topological polar surface area (TPSA) is 155 Å². The second-order valence-corrected chi connectivity index (χ2v) is 6.03. The average molecular weight is 406 g/mol. The highest BCUT2D eigenvalue weighted by Crippen LogP contribution is 2.37. The van der Waals surface area contributed by atoms with Gasteiger partial charge in [-0.15, -0.1) is 12.4 Å². The molecule has 2 aromatic carbocycles. The molecule has 28 heavy (non-hydrogen) atoms. The molecule has 148 valence electrons. The summed E-state index contributed by atoms with van der Waals surface area (Å²) in [4.78, 5) is 16.3. The number of phenolic OH excluding ortho intramolecular Hbond substituents is 2. The van der Waals surface area contributed by atoms with Crippen LogP contribution >= 0.6 is 12.4 Å². The van der Waals surface area contributed by atoms with Gasteiger partial charge in [0, 0.05) is 12.1 Å². The van der Waals surface area contributed by atoms with E-state index in [2.05, 4.69) is 4.99 Å². The van der Waals surface area contributed by atoms with Crippen molar-refractivity contribution in [1.29, 1.82) is 0 Å². The molecule has 0 atom stereocenters. The Labute approximate surface area is 166 Å². The summed E-state index contributed by atoms with van der Waals surface area (Å²) in [7, 11) is 0. The van der Waals surface area contributed by atoms with E-state index in [1.165, 1.54) is 6.07 Å². The number of guanidine groups is 1. The Bertz CT molecular complexity index is 1070. The molecule has 0 amide bonds. The fourth-order valence-electron chi connectivity index (χ4n) is 2.73. The van der Waals surface area contributed by atoms with Crippen molar-refractivity contribution in [3.05, 3.63) is 52.2 Å². The summed E-state index contributed by atoms with van der Waals surface area (Å²) in [6.45, 7) is 0.521. The highest BCUT2D eigenvalue weighted by molar-refractivity contribution is 5.88. The molecule has 0 bridgehead atoms. The number of hydrogen-bond acceptors (Lipinski definition) is 6. The summed E-state index contributed by atoms with van der Waals surface area (Å²) in [6, 6.07) is 9.48. The summed E-state index contributed by atoms with van der Waals surface area (Å²) >= 11 is 0. The van der Waals surface area contributed by atoms with Crippen molar-refractivity contribution >= 4 is 29.3 Å². The summed E-state index contributed by atoms with van der Waals surface area (Å²) < 4.78 is 5.53. The van der Waals surface area contributed by atoms with E-state index in [-0.39, 0.29) is 35.1 Å². The van der Waals surface area contributed by atoms with E-state index in [0.717, 1.165) is 24.5 Å². The Kier molecular flexibility index (Phi) is 6.37. The predicted octanol–water partition coefficient (Wildman–Crippen LogP) is 2.20. The lowest BCUT2D eigenvalue weighted by Gasteiger charge is -2.08. The van der Waals surface area contributed by atoms with Crippen LogP contribution in [-0.2, 0) is 6.42 Å². The van der Waals surface area contributed by atoms with E-state index in [1.54, 1.807) is 12.1 Å². The van der Waals surface area contributed by atoms with Crippen LogP contribution in [0.4, 0.5) is 0 Å². The average Bonchev–Trinajstić information content (AvgIpc) is 2.65. The van der Waals surface area contributed by atoms with Gasteiger partial charge in [0.25, 0.3) is 0 Å². The lowest BCUT2D eigenvalue weighted by Crippen LogP contribution is -2.23. The van der Waals surface area contributed by atoms with E-state index in [4.69, 9.17) is 15.9 Å². The molecule has 3 rings (SSSR count). The second-order valence-electron chi connectivity index (χ2n) is 6.03. The van der Waals surface area contributed by atoms with Crippen LogP contribution in [0.25, 0.3) is 22.3 Å². The minimum absolute atomic E-state index is 0. The first kappa shape index (κ1) is 20.9. The number of aryl methyl sites for hydroxylation is 1. The SMILES string of the molecule is Cl.NC(N)=NCCCc1ccc(-c2oc3c(O)c(O)ccc3c(=O)c2O)cc1. The molecular weight excluding hydrogens is 386 g/mol. The number of halogens is 1. The number of phenols is 2. The maximum absolute atomic E-state index is 12.3. The van der Waals surface area contributed by atoms with Crippen LogP contribution in [0, 0.1) is 0 Å². The molecule has 0 saturated carbocycles. The zero-order valence-electron chi connectivity index (χ0n) is 14.8. The Morgan fingerprint density at radius 1 is 1.00 bits per heavy atom. The Morgan fingerprint density at radius 3 is 2.32 bits per heavy atom. The minimum atomic E-state index is -0.692. The first-order valence-electron chi connectivity index (χ1n) is 8.24. The van der Waals surface area contributed by atoms with Crippen LogP contribution in [0.15, 0.2) is 50.6 Å². The Morgan fingerprint density at radius 2 is 1.68 bits per heavy atom. The van der Waals surface area contributed by atoms with Crippen LogP contribution in [0.3, 0.4) is 0 Å². The molecule has 0 fully saturated rings. The molecule has 8 nitrogen and oxygen atoms in total. The van der Waals surface area contributed by atoms with Gasteiger partial charge in [-0.3, -0.25) is 9.79 Å². The van der Waals surface area contributed by atoms with E-state index in [1.807, 2.05) is 12.1 Å². The molecular formula is C19H20ClN3O5. The number of aromatic hydroxyl groups is 3. The summed E-state index contributed by atoms with van der Waals surface area (Å²) in [5.74, 6) is -1.56. The highest BCUT2D eigenvalue weighted by Gasteiger charge is 2.18. The van der Waals surface area contributed by atoms with E-state index in [0.29, 0.717) is 12.1 Å². The number of hydrogen-bond donors (Lipinski definition) is 5. The van der Waals surface area contributed by atoms with Crippen molar-refractivity contribution in [2.75, 3.05) is 6.54 Å². The molecule has 1 aromatic heterocycles. The van der Waals surface area contributed by atoms with Crippen LogP contribution < -0.4 is 16.9 Å². The normalized spacial score (nSPS) is 10.4. The zero-order valence-corrected chi connectivity index (χ0v) is 15.6. The number of nitrogens with two attached hydrogens (primary N) is 2.